The monoisotopic (exact) mass is 557 g/mol. The number of likely N-dealkylation sites (tertiary alicyclic amines) is 1. The SMILES string of the molecule is CN1CCC(c2[nH]ncc2-c2cc3c(-c4cccc(N5C=Cc6cc(C7CC7)ccc6C5)c4CO)ncnc3[nH]2)CC1. The number of anilines is 1. The highest BCUT2D eigenvalue weighted by molar-refractivity contribution is 5.96. The molecule has 3 N–H and O–H groups in total. The lowest BCUT2D eigenvalue weighted by atomic mass is 9.91. The van der Waals surface area contributed by atoms with Gasteiger partial charge in [-0.25, -0.2) is 9.97 Å². The number of nitrogens with one attached hydrogen (secondary N) is 2. The first kappa shape index (κ1) is 25.4. The number of piperidine rings is 1. The Morgan fingerprint density at radius 1 is 0.976 bits per heavy atom. The van der Waals surface area contributed by atoms with E-state index in [0.29, 0.717) is 5.92 Å². The van der Waals surface area contributed by atoms with Gasteiger partial charge in [-0.15, -0.1) is 0 Å². The van der Waals surface area contributed by atoms with Gasteiger partial charge in [-0.1, -0.05) is 30.3 Å². The van der Waals surface area contributed by atoms with Crippen LogP contribution in [0.3, 0.4) is 0 Å². The molecule has 0 spiro atoms. The van der Waals surface area contributed by atoms with E-state index in [1.807, 2.05) is 6.20 Å². The maximum Gasteiger partial charge on any atom is 0.141 e. The molecule has 2 fully saturated rings. The molecule has 1 saturated carbocycles. The van der Waals surface area contributed by atoms with Crippen LogP contribution in [0.15, 0.2) is 61.2 Å². The molecule has 8 heteroatoms. The highest BCUT2D eigenvalue weighted by atomic mass is 16.3. The molecule has 8 rings (SSSR count). The van der Waals surface area contributed by atoms with Crippen LogP contribution in [0.25, 0.3) is 39.6 Å². The van der Waals surface area contributed by atoms with E-state index in [1.165, 1.54) is 35.2 Å². The molecule has 3 aliphatic rings. The van der Waals surface area contributed by atoms with E-state index in [9.17, 15) is 5.11 Å². The predicted octanol–water partition coefficient (Wildman–Crippen LogP) is 6.18. The Balaban J connectivity index is 1.15. The molecule has 1 aliphatic carbocycles. The van der Waals surface area contributed by atoms with E-state index in [-0.39, 0.29) is 6.61 Å². The quantitative estimate of drug-likeness (QED) is 0.231. The first-order valence-electron chi connectivity index (χ1n) is 15.0. The molecule has 2 aliphatic heterocycles. The van der Waals surface area contributed by atoms with Crippen molar-refractivity contribution in [3.8, 4) is 22.5 Å². The molecule has 3 aromatic heterocycles. The third-order valence-electron chi connectivity index (χ3n) is 9.38. The minimum absolute atomic E-state index is 0.0892. The largest absolute Gasteiger partial charge is 0.392 e. The van der Waals surface area contributed by atoms with Crippen molar-refractivity contribution in [3.05, 3.63) is 89.1 Å². The number of aromatic nitrogens is 5. The van der Waals surface area contributed by atoms with Crippen molar-refractivity contribution in [2.24, 2.45) is 0 Å². The summed E-state index contributed by atoms with van der Waals surface area (Å²) in [5, 5.41) is 19.3. The average molecular weight is 558 g/mol. The molecule has 0 radical (unpaired) electrons. The zero-order valence-corrected chi connectivity index (χ0v) is 23.8. The summed E-state index contributed by atoms with van der Waals surface area (Å²) in [4.78, 5) is 17.5. The standard InChI is InChI=1S/C34H35N7O/c1-40-12-9-22(10-13-40)32-28(17-37-39-32)30-16-27-33(35-20-36-34(27)38-30)26-3-2-4-31(29(26)19-42)41-14-11-24-15-23(21-5-6-21)7-8-25(24)18-41/h2-4,7-8,11,14-17,20-22,42H,5-6,9-10,12-13,18-19H2,1H3,(H,37,39)(H,35,36,38). The van der Waals surface area contributed by atoms with Crippen LogP contribution in [0, 0.1) is 0 Å². The molecule has 1 saturated heterocycles. The van der Waals surface area contributed by atoms with Crippen molar-refractivity contribution in [2.75, 3.05) is 25.0 Å². The van der Waals surface area contributed by atoms with Crippen molar-refractivity contribution in [2.45, 2.75) is 50.7 Å². The minimum atomic E-state index is -0.0892. The smallest absolute Gasteiger partial charge is 0.141 e. The highest BCUT2D eigenvalue weighted by Gasteiger charge is 2.26. The Bertz CT molecular complexity index is 1810. The summed E-state index contributed by atoms with van der Waals surface area (Å²) >= 11 is 0. The van der Waals surface area contributed by atoms with E-state index >= 15 is 0 Å². The molecule has 0 atom stereocenters. The molecule has 5 aromatic rings. The first-order chi connectivity index (χ1) is 20.7. The molecule has 42 heavy (non-hydrogen) atoms. The van der Waals surface area contributed by atoms with Crippen LogP contribution in [0.4, 0.5) is 5.69 Å². The van der Waals surface area contributed by atoms with E-state index in [2.05, 4.69) is 91.8 Å². The van der Waals surface area contributed by atoms with Crippen LogP contribution in [0.2, 0.25) is 0 Å². The van der Waals surface area contributed by atoms with Gasteiger partial charge in [0.05, 0.1) is 24.2 Å². The van der Waals surface area contributed by atoms with E-state index < -0.39 is 0 Å². The van der Waals surface area contributed by atoms with Crippen LogP contribution < -0.4 is 4.90 Å². The molecule has 0 amide bonds. The van der Waals surface area contributed by atoms with Gasteiger partial charge < -0.3 is 19.9 Å². The molecule has 0 unspecified atom stereocenters. The van der Waals surface area contributed by atoms with Gasteiger partial charge in [0.1, 0.15) is 12.0 Å². The molecular weight excluding hydrogens is 522 g/mol. The van der Waals surface area contributed by atoms with Gasteiger partial charge in [0.15, 0.2) is 0 Å². The molecular formula is C34H35N7O. The van der Waals surface area contributed by atoms with Crippen molar-refractivity contribution in [1.82, 2.24) is 30.0 Å². The topological polar surface area (TPSA) is 97.0 Å². The Hall–Kier alpha value is -4.27. The van der Waals surface area contributed by atoms with Gasteiger partial charge >= 0.3 is 0 Å². The Morgan fingerprint density at radius 3 is 2.69 bits per heavy atom. The number of benzene rings is 2. The summed E-state index contributed by atoms with van der Waals surface area (Å²) in [6.07, 6.45) is 12.7. The second-order valence-corrected chi connectivity index (χ2v) is 12.1. The maximum atomic E-state index is 10.7. The third-order valence-corrected chi connectivity index (χ3v) is 9.38. The summed E-state index contributed by atoms with van der Waals surface area (Å²) in [6.45, 7) is 2.85. The maximum absolute atomic E-state index is 10.7. The lowest BCUT2D eigenvalue weighted by Crippen LogP contribution is -2.29. The Morgan fingerprint density at radius 2 is 1.86 bits per heavy atom. The van der Waals surface area contributed by atoms with Gasteiger partial charge in [0, 0.05) is 52.1 Å². The molecule has 5 heterocycles. The molecule has 0 bridgehead atoms. The third kappa shape index (κ3) is 4.42. The summed E-state index contributed by atoms with van der Waals surface area (Å²) in [7, 11) is 2.18. The number of fused-ring (bicyclic) bond motifs is 2. The minimum Gasteiger partial charge on any atom is -0.392 e. The summed E-state index contributed by atoms with van der Waals surface area (Å²) < 4.78 is 0. The number of H-pyrrole nitrogens is 2. The Labute approximate surface area is 245 Å². The van der Waals surface area contributed by atoms with E-state index in [0.717, 1.165) is 83.2 Å². The number of hydrogen-bond donors (Lipinski definition) is 3. The molecule has 212 valence electrons. The number of nitrogens with zero attached hydrogens (tertiary/aromatic N) is 5. The first-order valence-corrected chi connectivity index (χ1v) is 15.0. The lowest BCUT2D eigenvalue weighted by molar-refractivity contribution is 0.253. The Kier molecular flexibility index (Phi) is 6.19. The average Bonchev–Trinajstić information content (AvgIpc) is 3.60. The van der Waals surface area contributed by atoms with Crippen LogP contribution in [-0.4, -0.2) is 55.3 Å². The fraction of sp³-hybridized carbons (Fsp3) is 0.324. The number of aliphatic hydroxyl groups excluding tert-OH is 1. The number of aromatic amines is 2. The summed E-state index contributed by atoms with van der Waals surface area (Å²) in [5.41, 5.74) is 11.7. The molecule has 2 aromatic carbocycles. The van der Waals surface area contributed by atoms with Gasteiger partial charge in [-0.2, -0.15) is 5.10 Å². The summed E-state index contributed by atoms with van der Waals surface area (Å²) in [6, 6.07) is 15.2. The zero-order valence-electron chi connectivity index (χ0n) is 23.8. The second-order valence-electron chi connectivity index (χ2n) is 12.1. The molecule has 8 nitrogen and oxygen atoms in total. The van der Waals surface area contributed by atoms with Crippen molar-refractivity contribution in [1.29, 1.82) is 0 Å². The van der Waals surface area contributed by atoms with Crippen molar-refractivity contribution >= 4 is 22.8 Å². The normalized spacial score (nSPS) is 17.7. The van der Waals surface area contributed by atoms with Gasteiger partial charge in [-0.05, 0) is 86.6 Å². The fourth-order valence-electron chi connectivity index (χ4n) is 6.81. The van der Waals surface area contributed by atoms with E-state index in [4.69, 9.17) is 4.98 Å². The highest BCUT2D eigenvalue weighted by Crippen LogP contribution is 2.42. The van der Waals surface area contributed by atoms with Gasteiger partial charge in [0.2, 0.25) is 0 Å². The van der Waals surface area contributed by atoms with Gasteiger partial charge in [0.25, 0.3) is 0 Å². The second kappa shape index (κ2) is 10.2. The number of hydrogen-bond acceptors (Lipinski definition) is 6. The van der Waals surface area contributed by atoms with E-state index in [1.54, 1.807) is 6.33 Å². The van der Waals surface area contributed by atoms with Crippen LogP contribution in [0.5, 0.6) is 0 Å². The van der Waals surface area contributed by atoms with Crippen LogP contribution in [0.1, 0.15) is 65.5 Å². The number of rotatable bonds is 6. The predicted molar refractivity (Wildman–Crippen MR) is 166 cm³/mol. The van der Waals surface area contributed by atoms with Gasteiger partial charge in [-0.3, -0.25) is 5.10 Å². The lowest BCUT2D eigenvalue weighted by Gasteiger charge is -2.28. The fourth-order valence-corrected chi connectivity index (χ4v) is 6.81. The zero-order chi connectivity index (χ0) is 28.2. The number of aliphatic hydroxyl groups is 1. The van der Waals surface area contributed by atoms with Crippen LogP contribution in [-0.2, 0) is 13.2 Å². The van der Waals surface area contributed by atoms with Crippen molar-refractivity contribution in [3.63, 3.8) is 0 Å². The summed E-state index contributed by atoms with van der Waals surface area (Å²) in [5.74, 6) is 1.20. The van der Waals surface area contributed by atoms with Crippen LogP contribution >= 0.6 is 0 Å². The van der Waals surface area contributed by atoms with Crippen molar-refractivity contribution < 1.29 is 5.11 Å².